The highest BCUT2D eigenvalue weighted by Crippen LogP contribution is 2.17. The summed E-state index contributed by atoms with van der Waals surface area (Å²) in [5.41, 5.74) is 2.75. The van der Waals surface area contributed by atoms with E-state index >= 15 is 0 Å². The SMILES string of the molecule is Cc1ccc(C#N)cc1NCc1ncncc1C(=O)O. The van der Waals surface area contributed by atoms with Gasteiger partial charge >= 0.3 is 5.97 Å². The molecule has 0 spiro atoms. The van der Waals surface area contributed by atoms with Gasteiger partial charge < -0.3 is 10.4 Å². The summed E-state index contributed by atoms with van der Waals surface area (Å²) in [7, 11) is 0. The molecule has 6 heteroatoms. The van der Waals surface area contributed by atoms with Crippen LogP contribution in [0.5, 0.6) is 0 Å². The Bertz CT molecular complexity index is 692. The Hall–Kier alpha value is -2.94. The van der Waals surface area contributed by atoms with E-state index in [2.05, 4.69) is 21.4 Å². The number of carboxylic acid groups (broad SMARTS) is 1. The van der Waals surface area contributed by atoms with Crippen LogP contribution in [0.25, 0.3) is 0 Å². The van der Waals surface area contributed by atoms with Gasteiger partial charge in [-0.2, -0.15) is 5.26 Å². The number of carboxylic acids is 1. The average Bonchev–Trinajstić information content (AvgIpc) is 2.46. The molecule has 1 aromatic carbocycles. The molecule has 0 unspecified atom stereocenters. The third-order valence-electron chi connectivity index (χ3n) is 2.84. The van der Waals surface area contributed by atoms with Crippen LogP contribution in [0.3, 0.4) is 0 Å². The maximum absolute atomic E-state index is 11.0. The smallest absolute Gasteiger partial charge is 0.339 e. The van der Waals surface area contributed by atoms with E-state index in [-0.39, 0.29) is 12.1 Å². The predicted octanol–water partition coefficient (Wildman–Crippen LogP) is 1.97. The fourth-order valence-electron chi connectivity index (χ4n) is 1.74. The zero-order valence-corrected chi connectivity index (χ0v) is 10.8. The lowest BCUT2D eigenvalue weighted by Crippen LogP contribution is -2.10. The number of benzene rings is 1. The predicted molar refractivity (Wildman–Crippen MR) is 72.2 cm³/mol. The summed E-state index contributed by atoms with van der Waals surface area (Å²) in [5.74, 6) is -1.06. The zero-order chi connectivity index (χ0) is 14.5. The second kappa shape index (κ2) is 5.80. The number of aromatic carboxylic acids is 1. The molecule has 100 valence electrons. The summed E-state index contributed by atoms with van der Waals surface area (Å²) < 4.78 is 0. The topological polar surface area (TPSA) is 98.9 Å². The fraction of sp³-hybridized carbons (Fsp3) is 0.143. The summed E-state index contributed by atoms with van der Waals surface area (Å²) in [5, 5.41) is 21.0. The Morgan fingerprint density at radius 1 is 1.50 bits per heavy atom. The quantitative estimate of drug-likeness (QED) is 0.879. The van der Waals surface area contributed by atoms with E-state index in [0.717, 1.165) is 11.3 Å². The number of carbonyl (C=O) groups is 1. The molecule has 0 saturated heterocycles. The molecule has 2 rings (SSSR count). The van der Waals surface area contributed by atoms with Gasteiger partial charge in [0.05, 0.1) is 23.9 Å². The number of rotatable bonds is 4. The van der Waals surface area contributed by atoms with E-state index in [0.29, 0.717) is 11.3 Å². The van der Waals surface area contributed by atoms with Crippen molar-refractivity contribution in [3.05, 3.63) is 53.1 Å². The van der Waals surface area contributed by atoms with Crippen molar-refractivity contribution in [3.63, 3.8) is 0 Å². The minimum atomic E-state index is -1.06. The molecule has 0 fully saturated rings. The molecule has 2 aromatic rings. The van der Waals surface area contributed by atoms with Crippen molar-refractivity contribution >= 4 is 11.7 Å². The van der Waals surface area contributed by atoms with E-state index in [1.54, 1.807) is 12.1 Å². The summed E-state index contributed by atoms with van der Waals surface area (Å²) in [6, 6.07) is 7.34. The van der Waals surface area contributed by atoms with Gasteiger partial charge in [0.1, 0.15) is 11.9 Å². The molecule has 0 aliphatic heterocycles. The third-order valence-corrected chi connectivity index (χ3v) is 2.84. The van der Waals surface area contributed by atoms with E-state index in [9.17, 15) is 4.79 Å². The Morgan fingerprint density at radius 3 is 3.00 bits per heavy atom. The third kappa shape index (κ3) is 2.90. The first kappa shape index (κ1) is 13.5. The van der Waals surface area contributed by atoms with Gasteiger partial charge in [-0.15, -0.1) is 0 Å². The van der Waals surface area contributed by atoms with Crippen LogP contribution in [0.15, 0.2) is 30.7 Å². The Morgan fingerprint density at radius 2 is 2.30 bits per heavy atom. The molecule has 1 aromatic heterocycles. The minimum Gasteiger partial charge on any atom is -0.478 e. The Kier molecular flexibility index (Phi) is 3.91. The summed E-state index contributed by atoms with van der Waals surface area (Å²) in [4.78, 5) is 18.7. The molecular formula is C14H12N4O2. The van der Waals surface area contributed by atoms with E-state index in [1.165, 1.54) is 12.5 Å². The van der Waals surface area contributed by atoms with Gasteiger partial charge in [0.2, 0.25) is 0 Å². The lowest BCUT2D eigenvalue weighted by atomic mass is 10.1. The number of hydrogen-bond donors (Lipinski definition) is 2. The van der Waals surface area contributed by atoms with E-state index in [4.69, 9.17) is 10.4 Å². The van der Waals surface area contributed by atoms with Crippen LogP contribution in [0.2, 0.25) is 0 Å². The largest absolute Gasteiger partial charge is 0.478 e. The molecule has 0 aliphatic carbocycles. The van der Waals surface area contributed by atoms with Crippen LogP contribution in [-0.2, 0) is 6.54 Å². The molecule has 0 aliphatic rings. The average molecular weight is 268 g/mol. The molecule has 6 nitrogen and oxygen atoms in total. The molecule has 2 N–H and O–H groups in total. The summed E-state index contributed by atoms with van der Waals surface area (Å²) in [6.07, 6.45) is 2.58. The van der Waals surface area contributed by atoms with Crippen molar-refractivity contribution in [2.75, 3.05) is 5.32 Å². The second-order valence-corrected chi connectivity index (χ2v) is 4.18. The monoisotopic (exact) mass is 268 g/mol. The van der Waals surface area contributed by atoms with Crippen LogP contribution in [0.1, 0.15) is 27.2 Å². The maximum atomic E-state index is 11.0. The lowest BCUT2D eigenvalue weighted by Gasteiger charge is -2.10. The van der Waals surface area contributed by atoms with Crippen molar-refractivity contribution in [2.45, 2.75) is 13.5 Å². The molecule has 0 radical (unpaired) electrons. The van der Waals surface area contributed by atoms with Crippen LogP contribution in [0.4, 0.5) is 5.69 Å². The molecule has 1 heterocycles. The number of aromatic nitrogens is 2. The standard InChI is InChI=1S/C14H12N4O2/c1-9-2-3-10(5-15)4-12(9)17-7-13-11(14(19)20)6-16-8-18-13/h2-4,6,8,17H,7H2,1H3,(H,19,20). The van der Waals surface area contributed by atoms with Gasteiger partial charge in [-0.25, -0.2) is 14.8 Å². The maximum Gasteiger partial charge on any atom is 0.339 e. The molecule has 20 heavy (non-hydrogen) atoms. The molecule has 0 amide bonds. The Labute approximate surface area is 115 Å². The highest BCUT2D eigenvalue weighted by Gasteiger charge is 2.11. The number of anilines is 1. The zero-order valence-electron chi connectivity index (χ0n) is 10.8. The van der Waals surface area contributed by atoms with Crippen molar-refractivity contribution < 1.29 is 9.90 Å². The normalized spacial score (nSPS) is 9.80. The highest BCUT2D eigenvalue weighted by atomic mass is 16.4. The van der Waals surface area contributed by atoms with Gasteiger partial charge in [-0.3, -0.25) is 0 Å². The number of hydrogen-bond acceptors (Lipinski definition) is 5. The van der Waals surface area contributed by atoms with Gasteiger partial charge in [0.15, 0.2) is 0 Å². The van der Waals surface area contributed by atoms with Crippen molar-refractivity contribution in [2.24, 2.45) is 0 Å². The minimum absolute atomic E-state index is 0.0640. The van der Waals surface area contributed by atoms with Gasteiger partial charge in [-0.05, 0) is 24.6 Å². The van der Waals surface area contributed by atoms with Crippen molar-refractivity contribution in [1.82, 2.24) is 9.97 Å². The number of nitrogens with zero attached hydrogens (tertiary/aromatic N) is 3. The molecule has 0 atom stereocenters. The molecule has 0 saturated carbocycles. The van der Waals surface area contributed by atoms with Crippen LogP contribution in [0, 0.1) is 18.3 Å². The Balaban J connectivity index is 2.21. The van der Waals surface area contributed by atoms with Crippen LogP contribution in [-0.4, -0.2) is 21.0 Å². The van der Waals surface area contributed by atoms with Gasteiger partial charge in [-0.1, -0.05) is 6.07 Å². The molecular weight excluding hydrogens is 256 g/mol. The summed E-state index contributed by atoms with van der Waals surface area (Å²) in [6.45, 7) is 2.15. The van der Waals surface area contributed by atoms with Gasteiger partial charge in [0.25, 0.3) is 0 Å². The fourth-order valence-corrected chi connectivity index (χ4v) is 1.74. The lowest BCUT2D eigenvalue weighted by molar-refractivity contribution is 0.0694. The molecule has 0 bridgehead atoms. The number of nitrogens with one attached hydrogen (secondary N) is 1. The first-order chi connectivity index (χ1) is 9.61. The van der Waals surface area contributed by atoms with Gasteiger partial charge in [0, 0.05) is 11.9 Å². The van der Waals surface area contributed by atoms with Crippen molar-refractivity contribution in [3.8, 4) is 6.07 Å². The number of aryl methyl sites for hydroxylation is 1. The van der Waals surface area contributed by atoms with Crippen LogP contribution >= 0.6 is 0 Å². The van der Waals surface area contributed by atoms with Crippen molar-refractivity contribution in [1.29, 1.82) is 5.26 Å². The van der Waals surface area contributed by atoms with E-state index in [1.807, 2.05) is 13.0 Å². The van der Waals surface area contributed by atoms with Crippen LogP contribution < -0.4 is 5.32 Å². The summed E-state index contributed by atoms with van der Waals surface area (Å²) >= 11 is 0. The van der Waals surface area contributed by atoms with E-state index < -0.39 is 5.97 Å². The first-order valence-corrected chi connectivity index (χ1v) is 5.88. The second-order valence-electron chi connectivity index (χ2n) is 4.18. The highest BCUT2D eigenvalue weighted by molar-refractivity contribution is 5.88. The first-order valence-electron chi connectivity index (χ1n) is 5.88. The number of nitriles is 1.